The number of aromatic hydroxyl groups is 1. The second-order valence-electron chi connectivity index (χ2n) is 9.09. The number of nitrogens with one attached hydrogen (secondary N) is 2. The highest BCUT2D eigenvalue weighted by molar-refractivity contribution is 5.96. The highest BCUT2D eigenvalue weighted by Crippen LogP contribution is 2.33. The van der Waals surface area contributed by atoms with Crippen LogP contribution in [0.1, 0.15) is 0 Å². The summed E-state index contributed by atoms with van der Waals surface area (Å²) in [5.41, 5.74) is 5.68. The minimum Gasteiger partial charge on any atom is -0.506 e. The van der Waals surface area contributed by atoms with Crippen molar-refractivity contribution in [1.29, 1.82) is 0 Å². The lowest BCUT2D eigenvalue weighted by Gasteiger charge is -2.12. The van der Waals surface area contributed by atoms with Gasteiger partial charge in [0.25, 0.3) is 0 Å². The Labute approximate surface area is 216 Å². The smallest absolute Gasteiger partial charge is 0.161 e. The molecular formula is C27H23FN8O2. The lowest BCUT2D eigenvalue weighted by molar-refractivity contribution is 0.260. The largest absolute Gasteiger partial charge is 0.506 e. The van der Waals surface area contributed by atoms with Crippen molar-refractivity contribution >= 4 is 22.1 Å². The van der Waals surface area contributed by atoms with Crippen LogP contribution < -0.4 is 4.74 Å². The monoisotopic (exact) mass is 510 g/mol. The number of benzene rings is 1. The predicted octanol–water partition coefficient (Wildman–Crippen LogP) is 4.41. The minimum absolute atomic E-state index is 0.0535. The van der Waals surface area contributed by atoms with E-state index in [1.807, 2.05) is 31.1 Å². The molecule has 0 unspecified atom stereocenters. The average molecular weight is 511 g/mol. The van der Waals surface area contributed by atoms with Gasteiger partial charge in [0.2, 0.25) is 0 Å². The molecule has 0 aliphatic rings. The van der Waals surface area contributed by atoms with E-state index < -0.39 is 5.82 Å². The Kier molecular flexibility index (Phi) is 5.89. The van der Waals surface area contributed by atoms with Crippen LogP contribution in [0.15, 0.2) is 61.2 Å². The second kappa shape index (κ2) is 9.52. The van der Waals surface area contributed by atoms with Crippen LogP contribution >= 0.6 is 0 Å². The first-order chi connectivity index (χ1) is 18.4. The topological polar surface area (TPSA) is 129 Å². The first-order valence-corrected chi connectivity index (χ1v) is 11.9. The van der Waals surface area contributed by atoms with Crippen LogP contribution in [0, 0.1) is 5.82 Å². The normalized spacial score (nSPS) is 11.6. The van der Waals surface area contributed by atoms with E-state index in [0.29, 0.717) is 69.4 Å². The van der Waals surface area contributed by atoms with E-state index in [1.165, 1.54) is 18.3 Å². The summed E-state index contributed by atoms with van der Waals surface area (Å²) in [5, 5.41) is 17.2. The molecule has 5 aromatic heterocycles. The molecule has 1 aromatic carbocycles. The number of nitrogens with zero attached hydrogens (tertiary/aromatic N) is 6. The fourth-order valence-corrected chi connectivity index (χ4v) is 4.20. The van der Waals surface area contributed by atoms with E-state index in [4.69, 9.17) is 14.7 Å². The maximum atomic E-state index is 14.5. The first-order valence-electron chi connectivity index (χ1n) is 11.9. The molecule has 0 radical (unpaired) electrons. The van der Waals surface area contributed by atoms with Gasteiger partial charge in [-0.3, -0.25) is 15.1 Å². The average Bonchev–Trinajstić information content (AvgIpc) is 3.51. The molecule has 0 spiro atoms. The predicted molar refractivity (Wildman–Crippen MR) is 141 cm³/mol. The molecule has 6 rings (SSSR count). The molecule has 38 heavy (non-hydrogen) atoms. The molecular weight excluding hydrogens is 487 g/mol. The van der Waals surface area contributed by atoms with Crippen molar-refractivity contribution in [3.8, 4) is 45.4 Å². The van der Waals surface area contributed by atoms with E-state index in [0.717, 1.165) is 5.52 Å². The number of ether oxygens (including phenoxy) is 1. The van der Waals surface area contributed by atoms with Crippen molar-refractivity contribution < 1.29 is 14.2 Å². The molecule has 5 heterocycles. The number of rotatable bonds is 7. The van der Waals surface area contributed by atoms with Gasteiger partial charge >= 0.3 is 0 Å². The van der Waals surface area contributed by atoms with Gasteiger partial charge in [0.15, 0.2) is 11.5 Å². The van der Waals surface area contributed by atoms with Gasteiger partial charge in [0, 0.05) is 36.1 Å². The first kappa shape index (κ1) is 23.5. The SMILES string of the molecule is CN(C)CCOc1cc(F)cc(-c2cncc3[nH]c(-c4n[nH]c5ccc(-c6cncc(O)c6)nc45)nc23)c1. The molecule has 0 saturated heterocycles. The number of aromatic amines is 2. The summed E-state index contributed by atoms with van der Waals surface area (Å²) in [7, 11) is 3.90. The number of halogens is 1. The van der Waals surface area contributed by atoms with Crippen LogP contribution in [0.4, 0.5) is 4.39 Å². The number of pyridine rings is 3. The summed E-state index contributed by atoms with van der Waals surface area (Å²) >= 11 is 0. The number of H-pyrrole nitrogens is 2. The molecule has 0 saturated carbocycles. The van der Waals surface area contributed by atoms with E-state index >= 15 is 0 Å². The van der Waals surface area contributed by atoms with E-state index in [9.17, 15) is 9.50 Å². The van der Waals surface area contributed by atoms with Gasteiger partial charge in [0.1, 0.15) is 29.4 Å². The van der Waals surface area contributed by atoms with Crippen LogP contribution in [0.5, 0.6) is 11.5 Å². The summed E-state index contributed by atoms with van der Waals surface area (Å²) in [5.74, 6) is 0.563. The van der Waals surface area contributed by atoms with Gasteiger partial charge in [-0.15, -0.1) is 0 Å². The van der Waals surface area contributed by atoms with Crippen molar-refractivity contribution in [1.82, 2.24) is 40.0 Å². The molecule has 0 aliphatic carbocycles. The third kappa shape index (κ3) is 4.50. The van der Waals surface area contributed by atoms with Gasteiger partial charge in [-0.2, -0.15) is 5.10 Å². The lowest BCUT2D eigenvalue weighted by atomic mass is 10.1. The summed E-state index contributed by atoms with van der Waals surface area (Å²) < 4.78 is 20.3. The van der Waals surface area contributed by atoms with Crippen LogP contribution in [-0.4, -0.2) is 72.4 Å². The molecule has 0 atom stereocenters. The van der Waals surface area contributed by atoms with Crippen molar-refractivity contribution in [3.05, 3.63) is 67.0 Å². The lowest BCUT2D eigenvalue weighted by Crippen LogP contribution is -2.19. The summed E-state index contributed by atoms with van der Waals surface area (Å²) in [4.78, 5) is 23.2. The Morgan fingerprint density at radius 2 is 1.79 bits per heavy atom. The Morgan fingerprint density at radius 3 is 2.63 bits per heavy atom. The summed E-state index contributed by atoms with van der Waals surface area (Å²) in [6, 6.07) is 9.86. The number of aromatic nitrogens is 7. The van der Waals surface area contributed by atoms with Crippen LogP contribution in [0.2, 0.25) is 0 Å². The zero-order valence-electron chi connectivity index (χ0n) is 20.6. The Bertz CT molecular complexity index is 1780. The van der Waals surface area contributed by atoms with Gasteiger partial charge in [-0.1, -0.05) is 0 Å². The maximum absolute atomic E-state index is 14.5. The third-order valence-corrected chi connectivity index (χ3v) is 6.04. The van der Waals surface area contributed by atoms with Crippen LogP contribution in [0.3, 0.4) is 0 Å². The zero-order valence-corrected chi connectivity index (χ0v) is 20.6. The van der Waals surface area contributed by atoms with Crippen molar-refractivity contribution in [2.75, 3.05) is 27.2 Å². The fraction of sp³-hybridized carbons (Fsp3) is 0.148. The Balaban J connectivity index is 1.40. The van der Waals surface area contributed by atoms with E-state index in [-0.39, 0.29) is 5.75 Å². The molecule has 6 aromatic rings. The van der Waals surface area contributed by atoms with Gasteiger partial charge in [0.05, 0.1) is 34.6 Å². The van der Waals surface area contributed by atoms with E-state index in [2.05, 4.69) is 25.1 Å². The number of hydrogen-bond donors (Lipinski definition) is 3. The van der Waals surface area contributed by atoms with Gasteiger partial charge in [-0.25, -0.2) is 14.4 Å². The van der Waals surface area contributed by atoms with Gasteiger partial charge < -0.3 is 19.7 Å². The van der Waals surface area contributed by atoms with Crippen molar-refractivity contribution in [2.24, 2.45) is 0 Å². The standard InChI is InChI=1S/C27H23FN8O2/c1-36(2)5-6-38-19-9-15(7-17(28)10-19)20-13-30-14-23-24(20)33-27(32-23)26-25-22(34-35-26)4-3-21(31-25)16-8-18(37)12-29-11-16/h3-4,7-14,37H,5-6H2,1-2H3,(H,32,33)(H,34,35). The maximum Gasteiger partial charge on any atom is 0.161 e. The van der Waals surface area contributed by atoms with Crippen molar-refractivity contribution in [2.45, 2.75) is 0 Å². The quantitative estimate of drug-likeness (QED) is 0.288. The highest BCUT2D eigenvalue weighted by atomic mass is 19.1. The van der Waals surface area contributed by atoms with E-state index in [1.54, 1.807) is 30.7 Å². The molecule has 0 amide bonds. The molecule has 190 valence electrons. The molecule has 10 nitrogen and oxygen atoms in total. The molecule has 0 fully saturated rings. The second-order valence-corrected chi connectivity index (χ2v) is 9.09. The summed E-state index contributed by atoms with van der Waals surface area (Å²) in [6.45, 7) is 1.14. The minimum atomic E-state index is -0.411. The Morgan fingerprint density at radius 1 is 0.921 bits per heavy atom. The van der Waals surface area contributed by atoms with Crippen LogP contribution in [-0.2, 0) is 0 Å². The van der Waals surface area contributed by atoms with Crippen LogP contribution in [0.25, 0.3) is 56.0 Å². The van der Waals surface area contributed by atoms with Gasteiger partial charge in [-0.05, 0) is 50.0 Å². The zero-order chi connectivity index (χ0) is 26.2. The third-order valence-electron chi connectivity index (χ3n) is 6.04. The number of likely N-dealkylation sites (N-methyl/N-ethyl adjacent to an activating group) is 1. The summed E-state index contributed by atoms with van der Waals surface area (Å²) in [6.07, 6.45) is 6.31. The molecule has 3 N–H and O–H groups in total. The molecule has 0 aliphatic heterocycles. The highest BCUT2D eigenvalue weighted by Gasteiger charge is 2.18. The molecule has 0 bridgehead atoms. The number of hydrogen-bond acceptors (Lipinski definition) is 8. The number of imidazole rings is 1. The van der Waals surface area contributed by atoms with Crippen molar-refractivity contribution in [3.63, 3.8) is 0 Å². The fourth-order valence-electron chi connectivity index (χ4n) is 4.20. The number of fused-ring (bicyclic) bond motifs is 2. The molecule has 11 heteroatoms. The Hall–Kier alpha value is -4.90.